The summed E-state index contributed by atoms with van der Waals surface area (Å²) in [5.74, 6) is 0.148. The van der Waals surface area contributed by atoms with Crippen LogP contribution in [-0.4, -0.2) is 15.5 Å². The molecule has 0 fully saturated rings. The van der Waals surface area contributed by atoms with Crippen LogP contribution < -0.4 is 10.0 Å². The Kier molecular flexibility index (Phi) is 4.34. The second kappa shape index (κ2) is 5.87. The third-order valence-corrected chi connectivity index (χ3v) is 4.41. The highest BCUT2D eigenvalue weighted by Crippen LogP contribution is 2.24. The summed E-state index contributed by atoms with van der Waals surface area (Å²) in [7, 11) is -2.16. The van der Waals surface area contributed by atoms with Crippen LogP contribution in [0.1, 0.15) is 17.1 Å². The van der Waals surface area contributed by atoms with E-state index in [4.69, 9.17) is 4.42 Å². The van der Waals surface area contributed by atoms with Crippen molar-refractivity contribution in [2.45, 2.75) is 25.3 Å². The van der Waals surface area contributed by atoms with E-state index >= 15 is 0 Å². The van der Waals surface area contributed by atoms with Crippen LogP contribution in [0.2, 0.25) is 0 Å². The van der Waals surface area contributed by atoms with Gasteiger partial charge < -0.3 is 9.73 Å². The minimum atomic E-state index is -3.89. The number of benzene rings is 1. The van der Waals surface area contributed by atoms with E-state index in [1.165, 1.54) is 18.2 Å². The molecule has 1 aromatic carbocycles. The van der Waals surface area contributed by atoms with Crippen LogP contribution in [-0.2, 0) is 16.6 Å². The smallest absolute Gasteiger partial charge is 0.265 e. The van der Waals surface area contributed by atoms with Gasteiger partial charge in [-0.25, -0.2) is 12.8 Å². The van der Waals surface area contributed by atoms with Crippen LogP contribution in [0.4, 0.5) is 10.1 Å². The summed E-state index contributed by atoms with van der Waals surface area (Å²) >= 11 is 0. The normalized spacial score (nSPS) is 11.6. The van der Waals surface area contributed by atoms with E-state index in [0.29, 0.717) is 17.9 Å². The molecule has 1 aromatic heterocycles. The average molecular weight is 312 g/mol. The highest BCUT2D eigenvalue weighted by atomic mass is 32.2. The SMILES string of the molecule is CNCc1cc(S(=O)(=O)Nc2ccc(C)cc2F)c(C)o1. The van der Waals surface area contributed by atoms with Crippen molar-refractivity contribution in [3.8, 4) is 0 Å². The zero-order valence-corrected chi connectivity index (χ0v) is 12.8. The summed E-state index contributed by atoms with van der Waals surface area (Å²) in [6, 6.07) is 5.73. The summed E-state index contributed by atoms with van der Waals surface area (Å²) in [6.45, 7) is 3.69. The van der Waals surface area contributed by atoms with Crippen LogP contribution in [0.3, 0.4) is 0 Å². The molecule has 0 saturated carbocycles. The van der Waals surface area contributed by atoms with Crippen LogP contribution in [0, 0.1) is 19.7 Å². The van der Waals surface area contributed by atoms with Crippen molar-refractivity contribution < 1.29 is 17.2 Å². The van der Waals surface area contributed by atoms with Gasteiger partial charge in [0.15, 0.2) is 0 Å². The number of hydrogen-bond donors (Lipinski definition) is 2. The molecule has 0 bridgehead atoms. The molecule has 0 saturated heterocycles. The Morgan fingerprint density at radius 2 is 1.95 bits per heavy atom. The first-order valence-electron chi connectivity index (χ1n) is 6.36. The van der Waals surface area contributed by atoms with Crippen LogP contribution in [0.5, 0.6) is 0 Å². The number of aryl methyl sites for hydroxylation is 2. The molecule has 2 aromatic rings. The van der Waals surface area contributed by atoms with Crippen molar-refractivity contribution >= 4 is 15.7 Å². The summed E-state index contributed by atoms with van der Waals surface area (Å²) in [5, 5.41) is 2.87. The first-order valence-corrected chi connectivity index (χ1v) is 7.84. The molecule has 0 atom stereocenters. The molecule has 0 aliphatic carbocycles. The Labute approximate surface area is 123 Å². The molecule has 0 amide bonds. The standard InChI is InChI=1S/C14H17FN2O3S/c1-9-4-5-13(12(15)6-9)17-21(18,19)14-7-11(8-16-3)20-10(14)2/h4-7,16-17H,8H2,1-3H3. The molecule has 0 spiro atoms. The predicted octanol–water partition coefficient (Wildman–Crippen LogP) is 2.56. The molecule has 0 aliphatic heterocycles. The monoisotopic (exact) mass is 312 g/mol. The van der Waals surface area contributed by atoms with Gasteiger partial charge in [0.25, 0.3) is 10.0 Å². The van der Waals surface area contributed by atoms with Crippen LogP contribution in [0.25, 0.3) is 0 Å². The lowest BCUT2D eigenvalue weighted by Crippen LogP contribution is -2.14. The number of sulfonamides is 1. The topological polar surface area (TPSA) is 71.3 Å². The number of nitrogens with one attached hydrogen (secondary N) is 2. The van der Waals surface area contributed by atoms with E-state index in [9.17, 15) is 12.8 Å². The zero-order chi connectivity index (χ0) is 15.6. The van der Waals surface area contributed by atoms with E-state index in [-0.39, 0.29) is 16.3 Å². The second-order valence-electron chi connectivity index (χ2n) is 4.75. The van der Waals surface area contributed by atoms with Crippen LogP contribution in [0.15, 0.2) is 33.6 Å². The second-order valence-corrected chi connectivity index (χ2v) is 6.40. The molecule has 5 nitrogen and oxygen atoms in total. The van der Waals surface area contributed by atoms with Gasteiger partial charge in [0.2, 0.25) is 0 Å². The fraction of sp³-hybridized carbons (Fsp3) is 0.286. The van der Waals surface area contributed by atoms with Crippen molar-refractivity contribution in [3.63, 3.8) is 0 Å². The first kappa shape index (κ1) is 15.5. The van der Waals surface area contributed by atoms with Gasteiger partial charge in [0.05, 0.1) is 12.2 Å². The first-order chi connectivity index (χ1) is 9.83. The maximum atomic E-state index is 13.8. The molecule has 2 N–H and O–H groups in total. The molecule has 2 rings (SSSR count). The Hall–Kier alpha value is -1.86. The van der Waals surface area contributed by atoms with Crippen molar-refractivity contribution in [3.05, 3.63) is 47.2 Å². The Balaban J connectivity index is 2.34. The fourth-order valence-electron chi connectivity index (χ4n) is 1.96. The van der Waals surface area contributed by atoms with E-state index < -0.39 is 15.8 Å². The summed E-state index contributed by atoms with van der Waals surface area (Å²) < 4.78 is 46.0. The lowest BCUT2D eigenvalue weighted by atomic mass is 10.2. The van der Waals surface area contributed by atoms with Crippen molar-refractivity contribution in [1.29, 1.82) is 0 Å². The van der Waals surface area contributed by atoms with Crippen molar-refractivity contribution in [1.82, 2.24) is 5.32 Å². The average Bonchev–Trinajstić information content (AvgIpc) is 2.75. The zero-order valence-electron chi connectivity index (χ0n) is 12.0. The number of hydrogen-bond acceptors (Lipinski definition) is 4. The van der Waals surface area contributed by atoms with Gasteiger partial charge in [-0.3, -0.25) is 4.72 Å². The lowest BCUT2D eigenvalue weighted by Gasteiger charge is -2.08. The van der Waals surface area contributed by atoms with Gasteiger partial charge in [0.1, 0.15) is 22.2 Å². The molecule has 0 radical (unpaired) electrons. The highest BCUT2D eigenvalue weighted by molar-refractivity contribution is 7.92. The summed E-state index contributed by atoms with van der Waals surface area (Å²) in [5.41, 5.74) is 0.627. The number of rotatable bonds is 5. The Morgan fingerprint density at radius 1 is 1.24 bits per heavy atom. The van der Waals surface area contributed by atoms with Gasteiger partial charge in [-0.15, -0.1) is 0 Å². The molecule has 21 heavy (non-hydrogen) atoms. The minimum absolute atomic E-state index is 0.00715. The molecule has 0 unspecified atom stereocenters. The van der Waals surface area contributed by atoms with E-state index in [1.807, 2.05) is 0 Å². The fourth-order valence-corrected chi connectivity index (χ4v) is 3.23. The Morgan fingerprint density at radius 3 is 2.57 bits per heavy atom. The molecule has 7 heteroatoms. The summed E-state index contributed by atoms with van der Waals surface area (Å²) in [4.78, 5) is 0.00715. The van der Waals surface area contributed by atoms with Crippen molar-refractivity contribution in [2.24, 2.45) is 0 Å². The molecule has 114 valence electrons. The number of furan rings is 1. The third-order valence-electron chi connectivity index (χ3n) is 2.93. The number of halogens is 1. The van der Waals surface area contributed by atoms with Crippen molar-refractivity contribution in [2.75, 3.05) is 11.8 Å². The third kappa shape index (κ3) is 3.43. The largest absolute Gasteiger partial charge is 0.464 e. The van der Waals surface area contributed by atoms with Gasteiger partial charge in [-0.2, -0.15) is 0 Å². The quantitative estimate of drug-likeness (QED) is 0.890. The van der Waals surface area contributed by atoms with Gasteiger partial charge >= 0.3 is 0 Å². The minimum Gasteiger partial charge on any atom is -0.464 e. The molecule has 1 heterocycles. The van der Waals surface area contributed by atoms with Gasteiger partial charge in [-0.05, 0) is 38.6 Å². The maximum absolute atomic E-state index is 13.8. The number of anilines is 1. The lowest BCUT2D eigenvalue weighted by molar-refractivity contribution is 0.466. The summed E-state index contributed by atoms with van der Waals surface area (Å²) in [6.07, 6.45) is 0. The van der Waals surface area contributed by atoms with Gasteiger partial charge in [0, 0.05) is 6.07 Å². The van der Waals surface area contributed by atoms with Gasteiger partial charge in [-0.1, -0.05) is 6.07 Å². The Bertz CT molecular complexity index is 754. The van der Waals surface area contributed by atoms with E-state index in [1.54, 1.807) is 27.0 Å². The van der Waals surface area contributed by atoms with E-state index in [2.05, 4.69) is 10.0 Å². The molecular weight excluding hydrogens is 295 g/mol. The molecule has 0 aliphatic rings. The maximum Gasteiger partial charge on any atom is 0.265 e. The van der Waals surface area contributed by atoms with E-state index in [0.717, 1.165) is 0 Å². The molecular formula is C14H17FN2O3S. The highest BCUT2D eigenvalue weighted by Gasteiger charge is 2.22. The predicted molar refractivity (Wildman–Crippen MR) is 78.2 cm³/mol. The van der Waals surface area contributed by atoms with Crippen LogP contribution >= 0.6 is 0 Å².